The molecule has 0 saturated carbocycles. The Kier molecular flexibility index (Phi) is 4.39. The van der Waals surface area contributed by atoms with Gasteiger partial charge in [-0.1, -0.05) is 13.8 Å². The van der Waals surface area contributed by atoms with Crippen LogP contribution in [-0.4, -0.2) is 29.7 Å². The maximum atomic E-state index is 5.70. The summed E-state index contributed by atoms with van der Waals surface area (Å²) in [6.07, 6.45) is 3.79. The van der Waals surface area contributed by atoms with E-state index in [0.29, 0.717) is 18.4 Å². The number of nitrogens with zero attached hydrogens (tertiary/aromatic N) is 3. The second-order valence-electron chi connectivity index (χ2n) is 5.40. The van der Waals surface area contributed by atoms with Crippen LogP contribution in [0, 0.1) is 12.8 Å². The third kappa shape index (κ3) is 3.59. The van der Waals surface area contributed by atoms with Crippen LogP contribution in [0.5, 0.6) is 5.88 Å². The van der Waals surface area contributed by atoms with Gasteiger partial charge in [0.1, 0.15) is 0 Å². The van der Waals surface area contributed by atoms with Gasteiger partial charge in [0.25, 0.3) is 0 Å². The Labute approximate surface area is 109 Å². The molecule has 2 heterocycles. The number of hydrogen-bond donors (Lipinski definition) is 0. The quantitative estimate of drug-likeness (QED) is 0.822. The molecule has 0 spiro atoms. The molecule has 2 rings (SSSR count). The van der Waals surface area contributed by atoms with Gasteiger partial charge in [-0.3, -0.25) is 0 Å². The molecule has 1 aromatic heterocycles. The molecule has 0 amide bonds. The molecule has 4 heteroatoms. The molecule has 0 N–H and O–H groups in total. The molecule has 1 aromatic rings. The van der Waals surface area contributed by atoms with E-state index in [1.807, 2.05) is 13.0 Å². The van der Waals surface area contributed by atoms with Crippen molar-refractivity contribution >= 4 is 5.95 Å². The van der Waals surface area contributed by atoms with Crippen LogP contribution in [0.2, 0.25) is 0 Å². The minimum absolute atomic E-state index is 0.513. The lowest BCUT2D eigenvalue weighted by Crippen LogP contribution is -2.31. The van der Waals surface area contributed by atoms with Crippen molar-refractivity contribution in [1.29, 1.82) is 0 Å². The predicted molar refractivity (Wildman–Crippen MR) is 73.2 cm³/mol. The summed E-state index contributed by atoms with van der Waals surface area (Å²) < 4.78 is 5.70. The minimum atomic E-state index is 0.513. The van der Waals surface area contributed by atoms with E-state index >= 15 is 0 Å². The van der Waals surface area contributed by atoms with E-state index in [-0.39, 0.29) is 0 Å². The Hall–Kier alpha value is -1.32. The molecule has 0 unspecified atom stereocenters. The Balaban J connectivity index is 2.09. The lowest BCUT2D eigenvalue weighted by atomic mass is 10.1. The first kappa shape index (κ1) is 13.1. The molecular formula is C14H23N3O. The van der Waals surface area contributed by atoms with Gasteiger partial charge >= 0.3 is 0 Å². The Morgan fingerprint density at radius 1 is 1.22 bits per heavy atom. The summed E-state index contributed by atoms with van der Waals surface area (Å²) in [5, 5.41) is 0. The third-order valence-corrected chi connectivity index (χ3v) is 3.02. The van der Waals surface area contributed by atoms with Gasteiger partial charge in [-0.15, -0.1) is 0 Å². The topological polar surface area (TPSA) is 38.2 Å². The second kappa shape index (κ2) is 6.03. The fourth-order valence-electron chi connectivity index (χ4n) is 2.09. The molecule has 1 aliphatic rings. The van der Waals surface area contributed by atoms with Crippen LogP contribution in [0.15, 0.2) is 6.07 Å². The zero-order chi connectivity index (χ0) is 13.0. The molecule has 1 fully saturated rings. The first-order valence-electron chi connectivity index (χ1n) is 6.88. The second-order valence-corrected chi connectivity index (χ2v) is 5.40. The highest BCUT2D eigenvalue weighted by atomic mass is 16.5. The smallest absolute Gasteiger partial charge is 0.228 e. The van der Waals surface area contributed by atoms with Gasteiger partial charge in [0, 0.05) is 24.8 Å². The number of aryl methyl sites for hydroxylation is 1. The zero-order valence-electron chi connectivity index (χ0n) is 11.6. The minimum Gasteiger partial charge on any atom is -0.477 e. The largest absolute Gasteiger partial charge is 0.477 e. The molecule has 4 nitrogen and oxygen atoms in total. The summed E-state index contributed by atoms with van der Waals surface area (Å²) in [5.74, 6) is 2.05. The highest BCUT2D eigenvalue weighted by molar-refractivity contribution is 5.34. The standard InChI is InChI=1S/C14H23N3O/c1-11(2)10-18-13-9-12(3)15-14(16-13)17-7-5-4-6-8-17/h9,11H,4-8,10H2,1-3H3. The van der Waals surface area contributed by atoms with E-state index in [2.05, 4.69) is 28.7 Å². The molecule has 0 atom stereocenters. The normalized spacial score (nSPS) is 16.1. The van der Waals surface area contributed by atoms with Crippen molar-refractivity contribution in [1.82, 2.24) is 9.97 Å². The van der Waals surface area contributed by atoms with E-state index < -0.39 is 0 Å². The van der Waals surface area contributed by atoms with Gasteiger partial charge in [0.15, 0.2) is 0 Å². The van der Waals surface area contributed by atoms with Crippen molar-refractivity contribution in [2.24, 2.45) is 5.92 Å². The van der Waals surface area contributed by atoms with Crippen molar-refractivity contribution in [3.05, 3.63) is 11.8 Å². The zero-order valence-corrected chi connectivity index (χ0v) is 11.6. The van der Waals surface area contributed by atoms with E-state index in [1.54, 1.807) is 0 Å². The number of aromatic nitrogens is 2. The monoisotopic (exact) mass is 249 g/mol. The van der Waals surface area contributed by atoms with E-state index in [1.165, 1.54) is 19.3 Å². The van der Waals surface area contributed by atoms with Crippen LogP contribution in [0.3, 0.4) is 0 Å². The molecule has 1 saturated heterocycles. The summed E-state index contributed by atoms with van der Waals surface area (Å²) in [5.41, 5.74) is 0.976. The van der Waals surface area contributed by atoms with Gasteiger partial charge in [-0.2, -0.15) is 4.98 Å². The van der Waals surface area contributed by atoms with Gasteiger partial charge in [0.05, 0.1) is 6.61 Å². The Morgan fingerprint density at radius 2 is 1.94 bits per heavy atom. The Bertz CT molecular complexity index is 387. The SMILES string of the molecule is Cc1cc(OCC(C)C)nc(N2CCCCC2)n1. The fraction of sp³-hybridized carbons (Fsp3) is 0.714. The van der Waals surface area contributed by atoms with Crippen LogP contribution >= 0.6 is 0 Å². The first-order chi connectivity index (χ1) is 8.65. The summed E-state index contributed by atoms with van der Waals surface area (Å²) >= 11 is 0. The van der Waals surface area contributed by atoms with Gasteiger partial charge in [0.2, 0.25) is 11.8 Å². The Morgan fingerprint density at radius 3 is 2.61 bits per heavy atom. The van der Waals surface area contributed by atoms with Crippen LogP contribution in [0.4, 0.5) is 5.95 Å². The molecule has 0 aliphatic carbocycles. The molecule has 1 aliphatic heterocycles. The number of ether oxygens (including phenoxy) is 1. The number of anilines is 1. The van der Waals surface area contributed by atoms with Crippen molar-refractivity contribution in [2.45, 2.75) is 40.0 Å². The van der Waals surface area contributed by atoms with E-state index in [9.17, 15) is 0 Å². The highest BCUT2D eigenvalue weighted by Gasteiger charge is 2.15. The van der Waals surface area contributed by atoms with Gasteiger partial charge in [-0.05, 0) is 32.1 Å². The molecule has 100 valence electrons. The summed E-state index contributed by atoms with van der Waals surface area (Å²) in [6.45, 7) is 9.10. The molecule has 0 aromatic carbocycles. The number of piperidine rings is 1. The molecule has 0 bridgehead atoms. The molecule has 18 heavy (non-hydrogen) atoms. The third-order valence-electron chi connectivity index (χ3n) is 3.02. The summed E-state index contributed by atoms with van der Waals surface area (Å²) in [7, 11) is 0. The van der Waals surface area contributed by atoms with Crippen LogP contribution in [0.1, 0.15) is 38.8 Å². The van der Waals surface area contributed by atoms with E-state index in [0.717, 1.165) is 24.7 Å². The fourth-order valence-corrected chi connectivity index (χ4v) is 2.09. The predicted octanol–water partition coefficient (Wildman–Crippen LogP) is 2.81. The molecule has 0 radical (unpaired) electrons. The maximum Gasteiger partial charge on any atom is 0.228 e. The van der Waals surface area contributed by atoms with Gasteiger partial charge < -0.3 is 9.64 Å². The van der Waals surface area contributed by atoms with Crippen molar-refractivity contribution in [3.63, 3.8) is 0 Å². The van der Waals surface area contributed by atoms with Crippen LogP contribution in [-0.2, 0) is 0 Å². The average molecular weight is 249 g/mol. The highest BCUT2D eigenvalue weighted by Crippen LogP contribution is 2.19. The van der Waals surface area contributed by atoms with Crippen LogP contribution < -0.4 is 9.64 Å². The average Bonchev–Trinajstić information content (AvgIpc) is 2.37. The van der Waals surface area contributed by atoms with Crippen molar-refractivity contribution in [3.8, 4) is 5.88 Å². The van der Waals surface area contributed by atoms with Crippen molar-refractivity contribution in [2.75, 3.05) is 24.6 Å². The molecular weight excluding hydrogens is 226 g/mol. The lowest BCUT2D eigenvalue weighted by molar-refractivity contribution is 0.260. The summed E-state index contributed by atoms with van der Waals surface area (Å²) in [6, 6.07) is 1.91. The number of rotatable bonds is 4. The first-order valence-corrected chi connectivity index (χ1v) is 6.88. The van der Waals surface area contributed by atoms with Crippen molar-refractivity contribution < 1.29 is 4.74 Å². The summed E-state index contributed by atoms with van der Waals surface area (Å²) in [4.78, 5) is 11.3. The van der Waals surface area contributed by atoms with Crippen LogP contribution in [0.25, 0.3) is 0 Å². The van der Waals surface area contributed by atoms with E-state index in [4.69, 9.17) is 4.74 Å². The maximum absolute atomic E-state index is 5.70. The number of hydrogen-bond acceptors (Lipinski definition) is 4. The lowest BCUT2D eigenvalue weighted by Gasteiger charge is -2.27. The van der Waals surface area contributed by atoms with Gasteiger partial charge in [-0.25, -0.2) is 4.98 Å².